The number of nitrogens with one attached hydrogen (secondary N) is 1. The van der Waals surface area contributed by atoms with Crippen LogP contribution in [0.2, 0.25) is 0 Å². The van der Waals surface area contributed by atoms with Gasteiger partial charge in [0.1, 0.15) is 18.1 Å². The average Bonchev–Trinajstić information content (AvgIpc) is 3.16. The van der Waals surface area contributed by atoms with Crippen LogP contribution in [0.3, 0.4) is 0 Å². The van der Waals surface area contributed by atoms with E-state index >= 15 is 0 Å². The largest absolute Gasteiger partial charge is 0.490 e. The van der Waals surface area contributed by atoms with E-state index in [1.54, 1.807) is 0 Å². The summed E-state index contributed by atoms with van der Waals surface area (Å²) < 4.78 is 19.8. The number of carbonyl (C=O) groups excluding carboxylic acids is 1. The van der Waals surface area contributed by atoms with Crippen molar-refractivity contribution in [1.82, 2.24) is 15.1 Å². The number of ether oxygens (including phenoxy) is 3. The van der Waals surface area contributed by atoms with Crippen molar-refractivity contribution in [2.24, 2.45) is 0 Å². The Morgan fingerprint density at radius 3 is 2.91 bits per heavy atom. The number of hydrogen-bond acceptors (Lipinski definition) is 5. The first kappa shape index (κ1) is 20.8. The summed E-state index contributed by atoms with van der Waals surface area (Å²) in [6.45, 7) is 5.53. The number of rotatable bonds is 1. The molecule has 5 rings (SSSR count). The van der Waals surface area contributed by atoms with Crippen LogP contribution in [0.5, 0.6) is 5.75 Å². The Morgan fingerprint density at radius 1 is 1.16 bits per heavy atom. The first-order chi connectivity index (χ1) is 15.6. The Labute approximate surface area is 187 Å². The fourth-order valence-electron chi connectivity index (χ4n) is 4.41. The predicted molar refractivity (Wildman–Crippen MR) is 122 cm³/mol. The minimum Gasteiger partial charge on any atom is -0.490 e. The highest BCUT2D eigenvalue weighted by Gasteiger charge is 2.23. The van der Waals surface area contributed by atoms with E-state index in [4.69, 9.17) is 19.3 Å². The van der Waals surface area contributed by atoms with Gasteiger partial charge in [-0.25, -0.2) is 9.48 Å². The van der Waals surface area contributed by atoms with E-state index in [9.17, 15) is 4.79 Å². The van der Waals surface area contributed by atoms with E-state index in [2.05, 4.69) is 24.4 Å². The topological polar surface area (TPSA) is 74.6 Å². The molecule has 1 unspecified atom stereocenters. The molecule has 1 saturated heterocycles. The van der Waals surface area contributed by atoms with E-state index < -0.39 is 6.09 Å². The number of aryl methyl sites for hydroxylation is 1. The van der Waals surface area contributed by atoms with Crippen LogP contribution in [0.4, 0.5) is 4.79 Å². The van der Waals surface area contributed by atoms with Gasteiger partial charge < -0.3 is 19.5 Å². The molecule has 0 aliphatic carbocycles. The second kappa shape index (κ2) is 8.82. The highest BCUT2D eigenvalue weighted by molar-refractivity contribution is 5.95. The predicted octanol–water partition coefficient (Wildman–Crippen LogP) is 5.11. The number of amides is 1. The second-order valence-electron chi connectivity index (χ2n) is 8.67. The van der Waals surface area contributed by atoms with E-state index in [-0.39, 0.29) is 18.9 Å². The van der Waals surface area contributed by atoms with Crippen LogP contribution >= 0.6 is 0 Å². The minimum atomic E-state index is -0.421. The molecule has 2 atom stereocenters. The Morgan fingerprint density at radius 2 is 2.06 bits per heavy atom. The molecule has 1 aromatic heterocycles. The van der Waals surface area contributed by atoms with Crippen molar-refractivity contribution in [2.75, 3.05) is 13.2 Å². The lowest BCUT2D eigenvalue weighted by atomic mass is 10.0. The Hall–Kier alpha value is -3.06. The molecule has 0 saturated carbocycles. The lowest BCUT2D eigenvalue weighted by Crippen LogP contribution is -2.28. The molecule has 168 valence electrons. The number of hydrogen-bond donors (Lipinski definition) is 1. The summed E-state index contributed by atoms with van der Waals surface area (Å²) in [5, 5.41) is 8.86. The zero-order valence-electron chi connectivity index (χ0n) is 18.6. The first-order valence-electron chi connectivity index (χ1n) is 11.4. The van der Waals surface area contributed by atoms with Crippen LogP contribution in [0.1, 0.15) is 50.0 Å². The van der Waals surface area contributed by atoms with Crippen molar-refractivity contribution in [3.63, 3.8) is 0 Å². The van der Waals surface area contributed by atoms with E-state index in [1.165, 1.54) is 0 Å². The number of nitrogens with zero attached hydrogens (tertiary/aromatic N) is 2. The molecule has 3 heterocycles. The molecule has 1 fully saturated rings. The van der Waals surface area contributed by atoms with Crippen molar-refractivity contribution < 1.29 is 19.0 Å². The van der Waals surface area contributed by atoms with Gasteiger partial charge in [-0.2, -0.15) is 5.10 Å². The zero-order valence-corrected chi connectivity index (χ0v) is 18.6. The third-order valence-electron chi connectivity index (χ3n) is 6.15. The molecule has 0 spiro atoms. The number of carbonyl (C=O) groups is 1. The molecule has 32 heavy (non-hydrogen) atoms. The average molecular weight is 436 g/mol. The van der Waals surface area contributed by atoms with Gasteiger partial charge in [-0.05, 0) is 62.4 Å². The molecular weight excluding hydrogens is 406 g/mol. The van der Waals surface area contributed by atoms with Crippen LogP contribution in [0.25, 0.3) is 22.2 Å². The van der Waals surface area contributed by atoms with Crippen LogP contribution in [0.15, 0.2) is 36.4 Å². The monoisotopic (exact) mass is 435 g/mol. The van der Waals surface area contributed by atoms with E-state index in [0.717, 1.165) is 64.9 Å². The van der Waals surface area contributed by atoms with Crippen molar-refractivity contribution in [3.05, 3.63) is 47.5 Å². The quantitative estimate of drug-likeness (QED) is 0.575. The summed E-state index contributed by atoms with van der Waals surface area (Å²) >= 11 is 0. The number of fused-ring (bicyclic) bond motifs is 4. The summed E-state index contributed by atoms with van der Waals surface area (Å²) in [6.07, 6.45) is 3.32. The van der Waals surface area contributed by atoms with E-state index in [1.807, 2.05) is 35.9 Å². The minimum absolute atomic E-state index is 0.0576. The molecule has 0 radical (unpaired) electrons. The maximum Gasteiger partial charge on any atom is 0.407 e. The fraction of sp³-hybridized carbons (Fsp3) is 0.440. The Kier molecular flexibility index (Phi) is 5.74. The smallest absolute Gasteiger partial charge is 0.407 e. The summed E-state index contributed by atoms with van der Waals surface area (Å²) in [5.41, 5.74) is 4.88. The molecule has 1 amide bonds. The summed E-state index contributed by atoms with van der Waals surface area (Å²) in [5.74, 6) is 0.837. The SMILES string of the molecule is Cc1cc2c3cc1O[C@H](C)CCNC(=O)OCc1cccc(c1)-c3nn2C1CCCCO1. The van der Waals surface area contributed by atoms with E-state index in [0.29, 0.717) is 13.0 Å². The van der Waals surface area contributed by atoms with Gasteiger partial charge in [0.25, 0.3) is 0 Å². The molecule has 1 N–H and O–H groups in total. The van der Waals surface area contributed by atoms with Gasteiger partial charge in [0, 0.05) is 30.5 Å². The van der Waals surface area contributed by atoms with Crippen molar-refractivity contribution >= 4 is 17.0 Å². The first-order valence-corrected chi connectivity index (χ1v) is 11.4. The summed E-state index contributed by atoms with van der Waals surface area (Å²) in [6, 6.07) is 12.3. The van der Waals surface area contributed by atoms with Crippen molar-refractivity contribution in [3.8, 4) is 17.0 Å². The standard InChI is InChI=1S/C25H29N3O4/c1-16-12-21-20-14-22(16)32-17(2)9-10-26-25(29)31-15-18-6-5-7-19(13-18)24(20)27-28(21)23-8-3-4-11-30-23/h5-7,12-14,17,23H,3-4,8-11,15H2,1-2H3,(H,26,29)/t17-,23?/m1/s1. The van der Waals surface area contributed by atoms with Gasteiger partial charge in [-0.1, -0.05) is 18.2 Å². The third-order valence-corrected chi connectivity index (χ3v) is 6.15. The lowest BCUT2D eigenvalue weighted by molar-refractivity contribution is -0.0365. The maximum atomic E-state index is 12.1. The van der Waals surface area contributed by atoms with Gasteiger partial charge in [-0.3, -0.25) is 0 Å². The molecular formula is C25H29N3O4. The number of alkyl carbamates (subject to hydrolysis) is 1. The van der Waals surface area contributed by atoms with Crippen molar-refractivity contribution in [1.29, 1.82) is 0 Å². The van der Waals surface area contributed by atoms with Crippen molar-refractivity contribution in [2.45, 2.75) is 58.5 Å². The molecule has 4 bridgehead atoms. The van der Waals surface area contributed by atoms with Gasteiger partial charge in [0.05, 0.1) is 11.6 Å². The number of aromatic nitrogens is 2. The Balaban J connectivity index is 1.66. The van der Waals surface area contributed by atoms with Gasteiger partial charge in [-0.15, -0.1) is 0 Å². The molecule has 2 aliphatic heterocycles. The fourth-order valence-corrected chi connectivity index (χ4v) is 4.41. The Bertz CT molecular complexity index is 1130. The molecule has 3 aromatic rings. The third kappa shape index (κ3) is 4.17. The van der Waals surface area contributed by atoms with Gasteiger partial charge in [0.15, 0.2) is 6.23 Å². The van der Waals surface area contributed by atoms with Crippen LogP contribution in [-0.2, 0) is 16.1 Å². The summed E-state index contributed by atoms with van der Waals surface area (Å²) in [7, 11) is 0. The highest BCUT2D eigenvalue weighted by atomic mass is 16.5. The normalized spacial score (nSPS) is 21.9. The summed E-state index contributed by atoms with van der Waals surface area (Å²) in [4.78, 5) is 12.1. The maximum absolute atomic E-state index is 12.1. The second-order valence-corrected chi connectivity index (χ2v) is 8.67. The van der Waals surface area contributed by atoms with Crippen LogP contribution in [-0.4, -0.2) is 35.1 Å². The van der Waals surface area contributed by atoms with Crippen LogP contribution < -0.4 is 10.1 Å². The van der Waals surface area contributed by atoms with Gasteiger partial charge in [0.2, 0.25) is 0 Å². The van der Waals surface area contributed by atoms with Gasteiger partial charge >= 0.3 is 6.09 Å². The number of cyclic esters (lactones) is 1. The molecule has 7 heteroatoms. The van der Waals surface area contributed by atoms with Crippen LogP contribution in [0, 0.1) is 6.92 Å². The molecule has 2 aromatic carbocycles. The number of benzene rings is 2. The molecule has 2 aliphatic rings. The molecule has 7 nitrogen and oxygen atoms in total. The zero-order chi connectivity index (χ0) is 22.1. The lowest BCUT2D eigenvalue weighted by Gasteiger charge is -2.23. The highest BCUT2D eigenvalue weighted by Crippen LogP contribution is 2.37.